The molecule has 1 aromatic carbocycles. The van der Waals surface area contributed by atoms with Crippen molar-refractivity contribution in [2.24, 2.45) is 4.99 Å². The lowest BCUT2D eigenvalue weighted by Gasteiger charge is -2.06. The van der Waals surface area contributed by atoms with Gasteiger partial charge >= 0.3 is 0 Å². The Hall–Kier alpha value is -1.01. The normalized spacial score (nSPS) is 20.4. The third-order valence-electron chi connectivity index (χ3n) is 2.58. The van der Waals surface area contributed by atoms with E-state index < -0.39 is 10.0 Å². The number of rotatable bonds is 4. The van der Waals surface area contributed by atoms with Gasteiger partial charge in [0, 0.05) is 11.3 Å². The first-order valence-electron chi connectivity index (χ1n) is 5.82. The summed E-state index contributed by atoms with van der Waals surface area (Å²) in [5, 5.41) is 0. The highest BCUT2D eigenvalue weighted by molar-refractivity contribution is 7.99. The summed E-state index contributed by atoms with van der Waals surface area (Å²) >= 11 is 1.80. The van der Waals surface area contributed by atoms with Crippen molar-refractivity contribution in [3.05, 3.63) is 29.8 Å². The van der Waals surface area contributed by atoms with Crippen molar-refractivity contribution in [1.29, 1.82) is 0 Å². The average Bonchev–Trinajstić information content (AvgIpc) is 2.59. The molecule has 0 amide bonds. The van der Waals surface area contributed by atoms with Gasteiger partial charge in [0.1, 0.15) is 5.84 Å². The van der Waals surface area contributed by atoms with Gasteiger partial charge in [-0.05, 0) is 24.8 Å². The van der Waals surface area contributed by atoms with Gasteiger partial charge in [-0.3, -0.25) is 9.71 Å². The largest absolute Gasteiger partial charge is 0.263 e. The van der Waals surface area contributed by atoms with Crippen molar-refractivity contribution < 1.29 is 8.42 Å². The fraction of sp³-hybridized carbons (Fsp3) is 0.417. The number of nitrogens with one attached hydrogen (secondary N) is 1. The molecule has 1 aromatic rings. The average molecular weight is 284 g/mol. The van der Waals surface area contributed by atoms with Gasteiger partial charge in [0.15, 0.2) is 0 Å². The number of aliphatic imine (C=N–C) groups is 1. The zero-order valence-corrected chi connectivity index (χ0v) is 12.0. The van der Waals surface area contributed by atoms with Crippen LogP contribution in [0.3, 0.4) is 0 Å². The third-order valence-corrected chi connectivity index (χ3v) is 5.10. The Morgan fingerprint density at radius 1 is 1.39 bits per heavy atom. The van der Waals surface area contributed by atoms with Crippen LogP contribution in [0.25, 0.3) is 0 Å². The van der Waals surface area contributed by atoms with Crippen LogP contribution < -0.4 is 4.72 Å². The molecule has 6 heteroatoms. The lowest BCUT2D eigenvalue weighted by molar-refractivity contribution is 0.595. The van der Waals surface area contributed by atoms with Crippen LogP contribution in [0.5, 0.6) is 0 Å². The number of benzene rings is 1. The fourth-order valence-electron chi connectivity index (χ4n) is 1.78. The second-order valence-electron chi connectivity index (χ2n) is 4.09. The lowest BCUT2D eigenvalue weighted by Crippen LogP contribution is -2.24. The highest BCUT2D eigenvalue weighted by Crippen LogP contribution is 2.22. The Balaban J connectivity index is 2.30. The summed E-state index contributed by atoms with van der Waals surface area (Å²) in [6.45, 7) is 4.09. The number of nitrogens with zero attached hydrogens (tertiary/aromatic N) is 1. The molecule has 98 valence electrons. The molecule has 0 fully saturated rings. The van der Waals surface area contributed by atoms with Crippen LogP contribution >= 0.6 is 11.8 Å². The third kappa shape index (κ3) is 2.70. The van der Waals surface area contributed by atoms with Gasteiger partial charge in [-0.1, -0.05) is 19.1 Å². The van der Waals surface area contributed by atoms with Gasteiger partial charge in [0.05, 0.1) is 10.9 Å². The molecule has 0 aromatic heterocycles. The highest BCUT2D eigenvalue weighted by Gasteiger charge is 2.30. The molecular formula is C12H16N2O2S2. The maximum Gasteiger partial charge on any atom is 0.263 e. The minimum absolute atomic E-state index is 0.0961. The molecule has 0 bridgehead atoms. The molecule has 0 saturated heterocycles. The van der Waals surface area contributed by atoms with Crippen molar-refractivity contribution in [1.82, 2.24) is 4.72 Å². The Bertz CT molecular complexity index is 567. The van der Waals surface area contributed by atoms with Crippen LogP contribution in [0.2, 0.25) is 0 Å². The van der Waals surface area contributed by atoms with Crippen molar-refractivity contribution in [2.45, 2.75) is 24.8 Å². The molecule has 0 radical (unpaired) electrons. The standard InChI is InChI=1S/C12H16N2O2S2/c1-3-17-8-9(2)13-12-10-6-4-5-7-11(10)18(15,16)14-12/h4-7,9H,3,8H2,1-2H3,(H,13,14). The molecule has 1 unspecified atom stereocenters. The van der Waals surface area contributed by atoms with E-state index in [0.717, 1.165) is 11.5 Å². The first kappa shape index (κ1) is 13.4. The van der Waals surface area contributed by atoms with E-state index in [0.29, 0.717) is 16.3 Å². The van der Waals surface area contributed by atoms with Gasteiger partial charge < -0.3 is 0 Å². The Kier molecular flexibility index (Phi) is 3.97. The monoisotopic (exact) mass is 284 g/mol. The molecule has 1 N–H and O–H groups in total. The van der Waals surface area contributed by atoms with E-state index in [9.17, 15) is 8.42 Å². The summed E-state index contributed by atoms with van der Waals surface area (Å²) in [6.07, 6.45) is 0. The van der Waals surface area contributed by atoms with E-state index in [1.807, 2.05) is 13.0 Å². The van der Waals surface area contributed by atoms with E-state index in [4.69, 9.17) is 0 Å². The SMILES string of the molecule is CCSCC(C)N=C1NS(=O)(=O)c2ccccc21. The smallest absolute Gasteiger partial charge is 0.263 e. The minimum Gasteiger partial charge on any atom is -0.263 e. The predicted molar refractivity (Wildman–Crippen MR) is 75.8 cm³/mol. The first-order chi connectivity index (χ1) is 8.54. The molecule has 0 saturated carbocycles. The van der Waals surface area contributed by atoms with Gasteiger partial charge in [0.2, 0.25) is 0 Å². The van der Waals surface area contributed by atoms with Crippen LogP contribution in [-0.4, -0.2) is 31.8 Å². The Morgan fingerprint density at radius 2 is 2.11 bits per heavy atom. The predicted octanol–water partition coefficient (Wildman–Crippen LogP) is 1.87. The fourth-order valence-corrected chi connectivity index (χ4v) is 3.67. The molecular weight excluding hydrogens is 268 g/mol. The number of hydrogen-bond acceptors (Lipinski definition) is 4. The number of amidine groups is 1. The van der Waals surface area contributed by atoms with Crippen LogP contribution in [-0.2, 0) is 10.0 Å². The summed E-state index contributed by atoms with van der Waals surface area (Å²) in [6, 6.07) is 7.02. The van der Waals surface area contributed by atoms with Gasteiger partial charge in [-0.15, -0.1) is 0 Å². The number of fused-ring (bicyclic) bond motifs is 1. The van der Waals surface area contributed by atoms with Crippen LogP contribution in [0.15, 0.2) is 34.2 Å². The quantitative estimate of drug-likeness (QED) is 0.918. The highest BCUT2D eigenvalue weighted by atomic mass is 32.2. The van der Waals surface area contributed by atoms with Gasteiger partial charge in [-0.25, -0.2) is 8.42 Å². The second-order valence-corrected chi connectivity index (χ2v) is 7.06. The van der Waals surface area contributed by atoms with Crippen LogP contribution in [0.4, 0.5) is 0 Å². The molecule has 18 heavy (non-hydrogen) atoms. The lowest BCUT2D eigenvalue weighted by atomic mass is 10.2. The Morgan fingerprint density at radius 3 is 2.83 bits per heavy atom. The molecule has 1 aliphatic heterocycles. The molecule has 4 nitrogen and oxygen atoms in total. The van der Waals surface area contributed by atoms with E-state index in [1.54, 1.807) is 30.0 Å². The summed E-state index contributed by atoms with van der Waals surface area (Å²) in [4.78, 5) is 4.77. The van der Waals surface area contributed by atoms with Crippen molar-refractivity contribution in [3.8, 4) is 0 Å². The van der Waals surface area contributed by atoms with E-state index in [-0.39, 0.29) is 6.04 Å². The summed E-state index contributed by atoms with van der Waals surface area (Å²) in [5.41, 5.74) is 0.672. The Labute approximate surface area is 112 Å². The van der Waals surface area contributed by atoms with Gasteiger partial charge in [-0.2, -0.15) is 11.8 Å². The van der Waals surface area contributed by atoms with Crippen LogP contribution in [0, 0.1) is 0 Å². The molecule has 2 rings (SSSR count). The second kappa shape index (κ2) is 5.32. The van der Waals surface area contributed by atoms with E-state index in [1.165, 1.54) is 0 Å². The molecule has 0 spiro atoms. The maximum absolute atomic E-state index is 11.9. The molecule has 1 atom stereocenters. The molecule has 0 aliphatic carbocycles. The maximum atomic E-state index is 11.9. The van der Waals surface area contributed by atoms with Gasteiger partial charge in [0.25, 0.3) is 10.0 Å². The van der Waals surface area contributed by atoms with Crippen molar-refractivity contribution >= 4 is 27.6 Å². The van der Waals surface area contributed by atoms with E-state index in [2.05, 4.69) is 16.6 Å². The zero-order valence-electron chi connectivity index (χ0n) is 10.4. The van der Waals surface area contributed by atoms with Crippen LogP contribution in [0.1, 0.15) is 19.4 Å². The van der Waals surface area contributed by atoms with Crippen molar-refractivity contribution in [3.63, 3.8) is 0 Å². The molecule has 1 aliphatic rings. The number of sulfonamides is 1. The first-order valence-corrected chi connectivity index (χ1v) is 8.46. The summed E-state index contributed by atoms with van der Waals surface area (Å²) in [5.74, 6) is 2.40. The number of thioether (sulfide) groups is 1. The number of hydrogen-bond donors (Lipinski definition) is 1. The topological polar surface area (TPSA) is 58.5 Å². The molecule has 1 heterocycles. The van der Waals surface area contributed by atoms with E-state index >= 15 is 0 Å². The summed E-state index contributed by atoms with van der Waals surface area (Å²) in [7, 11) is -3.41. The van der Waals surface area contributed by atoms with Crippen molar-refractivity contribution in [2.75, 3.05) is 11.5 Å². The summed E-state index contributed by atoms with van der Waals surface area (Å²) < 4.78 is 26.2. The minimum atomic E-state index is -3.41. The zero-order chi connectivity index (χ0) is 13.2.